The number of aromatic nitrogens is 2. The largest absolute Gasteiger partial charge is 0.480 e. The SMILES string of the molecule is COc1cncc(NCC2(CCl)CC2)n1. The summed E-state index contributed by atoms with van der Waals surface area (Å²) in [4.78, 5) is 8.24. The molecule has 82 valence electrons. The Bertz CT molecular complexity index is 341. The van der Waals surface area contributed by atoms with Crippen LogP contribution in [0.5, 0.6) is 5.88 Å². The van der Waals surface area contributed by atoms with Crippen molar-refractivity contribution in [3.05, 3.63) is 12.4 Å². The van der Waals surface area contributed by atoms with E-state index in [1.165, 1.54) is 12.8 Å². The summed E-state index contributed by atoms with van der Waals surface area (Å²) in [5.41, 5.74) is 0.284. The number of hydrogen-bond acceptors (Lipinski definition) is 4. The van der Waals surface area contributed by atoms with Gasteiger partial charge in [-0.15, -0.1) is 11.6 Å². The topological polar surface area (TPSA) is 47.0 Å². The summed E-state index contributed by atoms with van der Waals surface area (Å²) in [6.45, 7) is 0.859. The normalized spacial score (nSPS) is 17.2. The second-order valence-corrected chi connectivity index (χ2v) is 4.20. The molecule has 0 saturated heterocycles. The van der Waals surface area contributed by atoms with Crippen molar-refractivity contribution in [3.63, 3.8) is 0 Å². The molecule has 15 heavy (non-hydrogen) atoms. The molecule has 1 aliphatic rings. The molecule has 4 nitrogen and oxygen atoms in total. The predicted octanol–water partition coefficient (Wildman–Crippen LogP) is 1.92. The lowest BCUT2D eigenvalue weighted by molar-refractivity contribution is 0.396. The minimum atomic E-state index is 0.284. The highest BCUT2D eigenvalue weighted by Gasteiger charge is 2.41. The van der Waals surface area contributed by atoms with Crippen molar-refractivity contribution < 1.29 is 4.74 Å². The molecule has 0 amide bonds. The molecular weight excluding hydrogens is 214 g/mol. The van der Waals surface area contributed by atoms with Gasteiger partial charge in [-0.25, -0.2) is 0 Å². The number of alkyl halides is 1. The molecule has 1 heterocycles. The van der Waals surface area contributed by atoms with Crippen molar-refractivity contribution in [2.45, 2.75) is 12.8 Å². The van der Waals surface area contributed by atoms with Crippen molar-refractivity contribution in [3.8, 4) is 5.88 Å². The van der Waals surface area contributed by atoms with Crippen LogP contribution in [-0.4, -0.2) is 29.5 Å². The molecule has 1 saturated carbocycles. The predicted molar refractivity (Wildman–Crippen MR) is 59.5 cm³/mol. The standard InChI is InChI=1S/C10H14ClN3O/c1-15-9-5-12-4-8(14-9)13-7-10(6-11)2-3-10/h4-5H,2-3,6-7H2,1H3,(H,13,14). The van der Waals surface area contributed by atoms with Gasteiger partial charge in [-0.1, -0.05) is 0 Å². The maximum absolute atomic E-state index is 5.88. The number of rotatable bonds is 5. The fraction of sp³-hybridized carbons (Fsp3) is 0.600. The van der Waals surface area contributed by atoms with E-state index in [2.05, 4.69) is 15.3 Å². The molecule has 1 aliphatic carbocycles. The number of methoxy groups -OCH3 is 1. The minimum Gasteiger partial charge on any atom is -0.480 e. The van der Waals surface area contributed by atoms with Crippen LogP contribution in [0.4, 0.5) is 5.82 Å². The van der Waals surface area contributed by atoms with Crippen LogP contribution in [-0.2, 0) is 0 Å². The summed E-state index contributed by atoms with van der Waals surface area (Å²) in [6, 6.07) is 0. The van der Waals surface area contributed by atoms with E-state index in [0.717, 1.165) is 12.4 Å². The van der Waals surface area contributed by atoms with E-state index >= 15 is 0 Å². The second kappa shape index (κ2) is 4.23. The van der Waals surface area contributed by atoms with E-state index in [-0.39, 0.29) is 5.41 Å². The molecule has 5 heteroatoms. The Balaban J connectivity index is 1.93. The van der Waals surface area contributed by atoms with E-state index in [0.29, 0.717) is 11.8 Å². The zero-order valence-corrected chi connectivity index (χ0v) is 9.42. The average molecular weight is 228 g/mol. The maximum Gasteiger partial charge on any atom is 0.233 e. The number of hydrogen-bond donors (Lipinski definition) is 1. The highest BCUT2D eigenvalue weighted by atomic mass is 35.5. The monoisotopic (exact) mass is 227 g/mol. The summed E-state index contributed by atoms with van der Waals surface area (Å²) in [5, 5.41) is 3.24. The Labute approximate surface area is 94.0 Å². The van der Waals surface area contributed by atoms with Gasteiger partial charge in [0.2, 0.25) is 5.88 Å². The van der Waals surface area contributed by atoms with Gasteiger partial charge >= 0.3 is 0 Å². The second-order valence-electron chi connectivity index (χ2n) is 3.93. The van der Waals surface area contributed by atoms with Crippen LogP contribution >= 0.6 is 11.6 Å². The third-order valence-corrected chi connectivity index (χ3v) is 3.27. The van der Waals surface area contributed by atoms with Crippen molar-refractivity contribution in [2.75, 3.05) is 24.9 Å². The highest BCUT2D eigenvalue weighted by Crippen LogP contribution is 2.46. The van der Waals surface area contributed by atoms with Gasteiger partial charge in [-0.3, -0.25) is 4.98 Å². The van der Waals surface area contributed by atoms with E-state index < -0.39 is 0 Å². The molecule has 1 aromatic heterocycles. The van der Waals surface area contributed by atoms with Gasteiger partial charge in [0, 0.05) is 17.8 Å². The highest BCUT2D eigenvalue weighted by molar-refractivity contribution is 6.18. The van der Waals surface area contributed by atoms with Gasteiger partial charge in [-0.05, 0) is 12.8 Å². The molecule has 0 atom stereocenters. The molecule has 0 aromatic carbocycles. The van der Waals surface area contributed by atoms with Crippen molar-refractivity contribution in [1.29, 1.82) is 0 Å². The first-order chi connectivity index (χ1) is 7.28. The summed E-state index contributed by atoms with van der Waals surface area (Å²) in [7, 11) is 1.58. The molecule has 2 rings (SSSR count). The van der Waals surface area contributed by atoms with Gasteiger partial charge in [0.05, 0.1) is 19.5 Å². The molecule has 1 N–H and O–H groups in total. The minimum absolute atomic E-state index is 0.284. The molecule has 1 fully saturated rings. The third-order valence-electron chi connectivity index (χ3n) is 2.71. The van der Waals surface area contributed by atoms with E-state index in [9.17, 15) is 0 Å². The van der Waals surface area contributed by atoms with Crippen molar-refractivity contribution >= 4 is 17.4 Å². The molecule has 0 radical (unpaired) electrons. The first kappa shape index (κ1) is 10.5. The van der Waals surface area contributed by atoms with Crippen LogP contribution in [0.25, 0.3) is 0 Å². The number of anilines is 1. The smallest absolute Gasteiger partial charge is 0.233 e. The summed E-state index contributed by atoms with van der Waals surface area (Å²) in [6.07, 6.45) is 5.66. The first-order valence-corrected chi connectivity index (χ1v) is 5.47. The third kappa shape index (κ3) is 2.50. The quantitative estimate of drug-likeness (QED) is 0.781. The Hall–Kier alpha value is -1.03. The van der Waals surface area contributed by atoms with Crippen LogP contribution in [0.2, 0.25) is 0 Å². The zero-order chi connectivity index (χ0) is 10.7. The van der Waals surface area contributed by atoms with Crippen LogP contribution < -0.4 is 10.1 Å². The summed E-state index contributed by atoms with van der Waals surface area (Å²) in [5.74, 6) is 1.97. The lowest BCUT2D eigenvalue weighted by Gasteiger charge is -2.12. The van der Waals surface area contributed by atoms with Gasteiger partial charge < -0.3 is 10.1 Å². The Morgan fingerprint density at radius 1 is 1.53 bits per heavy atom. The van der Waals surface area contributed by atoms with Gasteiger partial charge in [-0.2, -0.15) is 4.98 Å². The molecule has 0 bridgehead atoms. The maximum atomic E-state index is 5.88. The van der Waals surface area contributed by atoms with Crippen LogP contribution in [0.3, 0.4) is 0 Å². The molecule has 0 spiro atoms. The molecular formula is C10H14ClN3O. The Morgan fingerprint density at radius 2 is 2.33 bits per heavy atom. The zero-order valence-electron chi connectivity index (χ0n) is 8.66. The van der Waals surface area contributed by atoms with Crippen LogP contribution in [0.15, 0.2) is 12.4 Å². The fourth-order valence-electron chi connectivity index (χ4n) is 1.34. The molecule has 0 unspecified atom stereocenters. The van der Waals surface area contributed by atoms with E-state index in [1.54, 1.807) is 19.5 Å². The Kier molecular flexibility index (Phi) is 2.95. The van der Waals surface area contributed by atoms with Crippen molar-refractivity contribution in [2.24, 2.45) is 5.41 Å². The number of nitrogens with zero attached hydrogens (tertiary/aromatic N) is 2. The number of nitrogens with one attached hydrogen (secondary N) is 1. The van der Waals surface area contributed by atoms with E-state index in [1.807, 2.05) is 0 Å². The summed E-state index contributed by atoms with van der Waals surface area (Å²) >= 11 is 5.88. The van der Waals surface area contributed by atoms with Gasteiger partial charge in [0.1, 0.15) is 5.82 Å². The lowest BCUT2D eigenvalue weighted by Crippen LogP contribution is -2.17. The van der Waals surface area contributed by atoms with Crippen LogP contribution in [0.1, 0.15) is 12.8 Å². The average Bonchev–Trinajstić information content (AvgIpc) is 3.07. The number of halogens is 1. The Morgan fingerprint density at radius 3 is 2.93 bits per heavy atom. The molecule has 1 aromatic rings. The van der Waals surface area contributed by atoms with Gasteiger partial charge in [0.15, 0.2) is 0 Å². The first-order valence-electron chi connectivity index (χ1n) is 4.94. The van der Waals surface area contributed by atoms with Crippen LogP contribution in [0, 0.1) is 5.41 Å². The summed E-state index contributed by atoms with van der Waals surface area (Å²) < 4.78 is 4.99. The lowest BCUT2D eigenvalue weighted by atomic mass is 10.1. The van der Waals surface area contributed by atoms with E-state index in [4.69, 9.17) is 16.3 Å². The number of ether oxygens (including phenoxy) is 1. The fourth-order valence-corrected chi connectivity index (χ4v) is 1.71. The molecule has 0 aliphatic heterocycles. The van der Waals surface area contributed by atoms with Gasteiger partial charge in [0.25, 0.3) is 0 Å². The van der Waals surface area contributed by atoms with Crippen molar-refractivity contribution in [1.82, 2.24) is 9.97 Å².